The largest absolute Gasteiger partial charge is 0.450 e. The number of rotatable bonds is 4. The second-order valence-corrected chi connectivity index (χ2v) is 6.63. The van der Waals surface area contributed by atoms with E-state index in [1.807, 2.05) is 0 Å². The van der Waals surface area contributed by atoms with Crippen LogP contribution in [-0.4, -0.2) is 57.6 Å². The molecule has 1 atom stereocenters. The number of alkyl halides is 3. The van der Waals surface area contributed by atoms with Crippen LogP contribution in [0.4, 0.5) is 22.4 Å². The highest BCUT2D eigenvalue weighted by molar-refractivity contribution is 5.93. The van der Waals surface area contributed by atoms with Crippen molar-refractivity contribution in [1.82, 2.24) is 25.2 Å². The van der Waals surface area contributed by atoms with Crippen molar-refractivity contribution in [3.8, 4) is 5.69 Å². The topological polar surface area (TPSA) is 89.3 Å². The van der Waals surface area contributed by atoms with E-state index in [-0.39, 0.29) is 25.4 Å². The molecule has 2 aromatic rings. The van der Waals surface area contributed by atoms with Gasteiger partial charge in [0.15, 0.2) is 11.4 Å². The van der Waals surface area contributed by atoms with Gasteiger partial charge in [-0.3, -0.25) is 4.79 Å². The van der Waals surface area contributed by atoms with Crippen molar-refractivity contribution in [2.75, 3.05) is 19.7 Å². The Balaban J connectivity index is 1.87. The van der Waals surface area contributed by atoms with Crippen molar-refractivity contribution >= 4 is 12.0 Å². The van der Waals surface area contributed by atoms with E-state index in [0.29, 0.717) is 17.5 Å². The summed E-state index contributed by atoms with van der Waals surface area (Å²) < 4.78 is 59.6. The second-order valence-electron chi connectivity index (χ2n) is 6.63. The summed E-state index contributed by atoms with van der Waals surface area (Å²) in [6.45, 7) is 2.03. The molecule has 2 amide bonds. The third-order valence-electron chi connectivity index (χ3n) is 4.52. The molecule has 2 heterocycles. The summed E-state index contributed by atoms with van der Waals surface area (Å²) in [4.78, 5) is 25.6. The van der Waals surface area contributed by atoms with Gasteiger partial charge in [-0.1, -0.05) is 5.21 Å². The van der Waals surface area contributed by atoms with Gasteiger partial charge in [0.1, 0.15) is 5.82 Å². The molecule has 3 rings (SSSR count). The SMILES string of the molecule is CCOC(=O)NC1CCCN(C(=O)c2nnn(-c3ccc(F)cc3)c2C(F)(F)F)C1. The third-order valence-corrected chi connectivity index (χ3v) is 4.52. The van der Waals surface area contributed by atoms with Crippen molar-refractivity contribution in [2.24, 2.45) is 0 Å². The van der Waals surface area contributed by atoms with E-state index in [1.54, 1.807) is 6.92 Å². The number of alkyl carbamates (subject to hydrolysis) is 1. The molecule has 0 saturated carbocycles. The first-order chi connectivity index (χ1) is 14.2. The molecular formula is C18H19F4N5O3. The molecule has 1 aromatic heterocycles. The van der Waals surface area contributed by atoms with Crippen molar-refractivity contribution < 1.29 is 31.9 Å². The predicted molar refractivity (Wildman–Crippen MR) is 95.4 cm³/mol. The zero-order chi connectivity index (χ0) is 21.9. The Morgan fingerprint density at radius 2 is 1.97 bits per heavy atom. The van der Waals surface area contributed by atoms with Crippen LogP contribution in [0, 0.1) is 5.82 Å². The first-order valence-corrected chi connectivity index (χ1v) is 9.22. The van der Waals surface area contributed by atoms with E-state index in [2.05, 4.69) is 15.6 Å². The van der Waals surface area contributed by atoms with Gasteiger partial charge in [0.05, 0.1) is 12.3 Å². The van der Waals surface area contributed by atoms with Crippen LogP contribution in [0.5, 0.6) is 0 Å². The average molecular weight is 429 g/mol. The average Bonchev–Trinajstić information content (AvgIpc) is 3.14. The van der Waals surface area contributed by atoms with Crippen LogP contribution >= 0.6 is 0 Å². The molecule has 1 saturated heterocycles. The Labute approximate surface area is 168 Å². The summed E-state index contributed by atoms with van der Waals surface area (Å²) in [5, 5.41) is 9.53. The van der Waals surface area contributed by atoms with Crippen LogP contribution in [-0.2, 0) is 10.9 Å². The number of carbonyl (C=O) groups is 2. The van der Waals surface area contributed by atoms with Crippen LogP contribution in [0.25, 0.3) is 5.69 Å². The van der Waals surface area contributed by atoms with Crippen LogP contribution in [0.3, 0.4) is 0 Å². The number of nitrogens with zero attached hydrogens (tertiary/aromatic N) is 4. The first-order valence-electron chi connectivity index (χ1n) is 9.22. The number of amides is 2. The highest BCUT2D eigenvalue weighted by Gasteiger charge is 2.43. The molecule has 162 valence electrons. The highest BCUT2D eigenvalue weighted by atomic mass is 19.4. The Kier molecular flexibility index (Phi) is 6.22. The molecule has 1 aliphatic heterocycles. The van der Waals surface area contributed by atoms with Crippen molar-refractivity contribution in [2.45, 2.75) is 32.0 Å². The Morgan fingerprint density at radius 1 is 1.27 bits per heavy atom. The van der Waals surface area contributed by atoms with Gasteiger partial charge in [-0.25, -0.2) is 13.9 Å². The normalized spacial score (nSPS) is 17.0. The van der Waals surface area contributed by atoms with Gasteiger partial charge in [-0.2, -0.15) is 13.2 Å². The van der Waals surface area contributed by atoms with Gasteiger partial charge in [-0.05, 0) is 44.0 Å². The van der Waals surface area contributed by atoms with E-state index >= 15 is 0 Å². The zero-order valence-electron chi connectivity index (χ0n) is 15.9. The zero-order valence-corrected chi connectivity index (χ0v) is 15.9. The number of likely N-dealkylation sites (tertiary alicyclic amines) is 1. The fourth-order valence-corrected chi connectivity index (χ4v) is 3.21. The number of hydrogen-bond donors (Lipinski definition) is 1. The van der Waals surface area contributed by atoms with Crippen LogP contribution in [0.2, 0.25) is 0 Å². The number of nitrogens with one attached hydrogen (secondary N) is 1. The maximum absolute atomic E-state index is 13.7. The minimum atomic E-state index is -4.93. The Hall–Kier alpha value is -3.18. The fraction of sp³-hybridized carbons (Fsp3) is 0.444. The maximum atomic E-state index is 13.7. The van der Waals surface area contributed by atoms with Gasteiger partial charge in [0.2, 0.25) is 0 Å². The van der Waals surface area contributed by atoms with E-state index in [1.165, 1.54) is 4.90 Å². The molecule has 1 unspecified atom stereocenters. The van der Waals surface area contributed by atoms with Crippen molar-refractivity contribution in [1.29, 1.82) is 0 Å². The smallest absolute Gasteiger partial charge is 0.435 e. The number of ether oxygens (including phenoxy) is 1. The van der Waals surface area contributed by atoms with Gasteiger partial charge in [0.25, 0.3) is 5.91 Å². The molecule has 8 nitrogen and oxygen atoms in total. The number of hydrogen-bond acceptors (Lipinski definition) is 5. The number of carbonyl (C=O) groups excluding carboxylic acids is 2. The summed E-state index contributed by atoms with van der Waals surface area (Å²) in [6.07, 6.45) is -4.55. The summed E-state index contributed by atoms with van der Waals surface area (Å²) >= 11 is 0. The Bertz CT molecular complexity index is 914. The van der Waals surface area contributed by atoms with Gasteiger partial charge in [-0.15, -0.1) is 5.10 Å². The lowest BCUT2D eigenvalue weighted by Gasteiger charge is -2.32. The lowest BCUT2D eigenvalue weighted by atomic mass is 10.1. The fourth-order valence-electron chi connectivity index (χ4n) is 3.21. The molecule has 0 spiro atoms. The summed E-state index contributed by atoms with van der Waals surface area (Å²) in [5.74, 6) is -1.58. The van der Waals surface area contributed by atoms with E-state index in [4.69, 9.17) is 4.74 Å². The molecule has 0 aliphatic carbocycles. The molecule has 1 fully saturated rings. The minimum absolute atomic E-state index is 0.0123. The molecule has 0 bridgehead atoms. The van der Waals surface area contributed by atoms with Crippen molar-refractivity contribution in [3.63, 3.8) is 0 Å². The summed E-state index contributed by atoms with van der Waals surface area (Å²) in [5.41, 5.74) is -2.29. The van der Waals surface area contributed by atoms with Crippen LogP contribution in [0.1, 0.15) is 35.9 Å². The molecule has 1 N–H and O–H groups in total. The third kappa shape index (κ3) is 4.69. The lowest BCUT2D eigenvalue weighted by molar-refractivity contribution is -0.143. The molecular weight excluding hydrogens is 410 g/mol. The van der Waals surface area contributed by atoms with Crippen molar-refractivity contribution in [3.05, 3.63) is 41.5 Å². The number of benzene rings is 1. The molecule has 1 aliphatic rings. The second kappa shape index (κ2) is 8.67. The van der Waals surface area contributed by atoms with E-state index in [0.717, 1.165) is 24.3 Å². The summed E-state index contributed by atoms with van der Waals surface area (Å²) in [6, 6.07) is 3.72. The predicted octanol–water partition coefficient (Wildman–Crippen LogP) is 2.78. The molecule has 12 heteroatoms. The van der Waals surface area contributed by atoms with E-state index < -0.39 is 41.4 Å². The monoisotopic (exact) mass is 429 g/mol. The molecule has 0 radical (unpaired) electrons. The summed E-state index contributed by atoms with van der Waals surface area (Å²) in [7, 11) is 0. The standard InChI is InChI=1S/C18H19F4N5O3/c1-2-30-17(29)23-12-4-3-9-26(10-12)16(28)14-15(18(20,21)22)27(25-24-14)13-7-5-11(19)6-8-13/h5-8,12H,2-4,9-10H2,1H3,(H,23,29). The number of aromatic nitrogens is 3. The first kappa shape index (κ1) is 21.5. The maximum Gasteiger partial charge on any atom is 0.435 e. The minimum Gasteiger partial charge on any atom is -0.450 e. The van der Waals surface area contributed by atoms with Gasteiger partial charge < -0.3 is 15.0 Å². The number of halogens is 4. The number of piperidine rings is 1. The molecule has 30 heavy (non-hydrogen) atoms. The quantitative estimate of drug-likeness (QED) is 0.755. The van der Waals surface area contributed by atoms with Crippen LogP contribution < -0.4 is 5.32 Å². The lowest BCUT2D eigenvalue weighted by Crippen LogP contribution is -2.50. The van der Waals surface area contributed by atoms with Crippen LogP contribution in [0.15, 0.2) is 24.3 Å². The highest BCUT2D eigenvalue weighted by Crippen LogP contribution is 2.33. The molecule has 1 aromatic carbocycles. The van der Waals surface area contributed by atoms with Gasteiger partial charge in [0, 0.05) is 19.1 Å². The van der Waals surface area contributed by atoms with E-state index in [9.17, 15) is 27.2 Å². The van der Waals surface area contributed by atoms with Gasteiger partial charge >= 0.3 is 12.3 Å². The Morgan fingerprint density at radius 3 is 2.60 bits per heavy atom.